The Kier molecular flexibility index (Phi) is 6.61. The fourth-order valence-corrected chi connectivity index (χ4v) is 1.17. The average molecular weight is 266 g/mol. The number of carbonyl (C=O) groups excluding carboxylic acids is 1. The molecule has 0 fully saturated rings. The Morgan fingerprint density at radius 3 is 2.42 bits per heavy atom. The fourth-order valence-electron chi connectivity index (χ4n) is 1.17. The first kappa shape index (κ1) is 17.0. The molecule has 0 saturated carbocycles. The molecular weight excluding hydrogens is 244 g/mol. The fraction of sp³-hybridized carbons (Fsp3) is 0.429. The van der Waals surface area contributed by atoms with E-state index >= 15 is 0 Å². The number of anilines is 1. The van der Waals surface area contributed by atoms with Crippen molar-refractivity contribution in [1.29, 1.82) is 5.41 Å². The van der Waals surface area contributed by atoms with Crippen molar-refractivity contribution in [2.24, 2.45) is 0 Å². The monoisotopic (exact) mass is 266 g/mol. The molecule has 1 aromatic carbocycles. The van der Waals surface area contributed by atoms with E-state index in [1.165, 1.54) is 18.2 Å². The van der Waals surface area contributed by atoms with Gasteiger partial charge in [0.2, 0.25) is 0 Å². The van der Waals surface area contributed by atoms with Gasteiger partial charge in [0, 0.05) is 17.5 Å². The van der Waals surface area contributed by atoms with Crippen LogP contribution in [0.2, 0.25) is 0 Å². The molecule has 0 aliphatic heterocycles. The van der Waals surface area contributed by atoms with E-state index in [4.69, 9.17) is 10.1 Å². The number of ether oxygens (including phenoxy) is 1. The SMILES string of the molecule is CC.CC(C)(C)OC(=O)Nc1ccc(O)c(C=N)c1. The highest BCUT2D eigenvalue weighted by Crippen LogP contribution is 2.20. The summed E-state index contributed by atoms with van der Waals surface area (Å²) in [6.45, 7) is 9.31. The van der Waals surface area contributed by atoms with Gasteiger partial charge in [-0.05, 0) is 39.0 Å². The van der Waals surface area contributed by atoms with E-state index in [0.717, 1.165) is 6.21 Å². The van der Waals surface area contributed by atoms with Gasteiger partial charge in [0.25, 0.3) is 0 Å². The van der Waals surface area contributed by atoms with Gasteiger partial charge in [-0.15, -0.1) is 0 Å². The molecule has 1 aromatic rings. The summed E-state index contributed by atoms with van der Waals surface area (Å²) in [5, 5.41) is 19.0. The van der Waals surface area contributed by atoms with Gasteiger partial charge in [0.1, 0.15) is 11.4 Å². The molecular formula is C14H22N2O3. The first-order valence-electron chi connectivity index (χ1n) is 6.15. The summed E-state index contributed by atoms with van der Waals surface area (Å²) in [6, 6.07) is 4.44. The lowest BCUT2D eigenvalue weighted by Crippen LogP contribution is -2.27. The van der Waals surface area contributed by atoms with Crippen LogP contribution in [0, 0.1) is 5.41 Å². The predicted molar refractivity (Wildman–Crippen MR) is 77.2 cm³/mol. The molecule has 5 nitrogen and oxygen atoms in total. The lowest BCUT2D eigenvalue weighted by atomic mass is 10.2. The first-order chi connectivity index (χ1) is 8.81. The van der Waals surface area contributed by atoms with E-state index in [9.17, 15) is 9.90 Å². The van der Waals surface area contributed by atoms with E-state index in [-0.39, 0.29) is 5.75 Å². The molecule has 0 bridgehead atoms. The van der Waals surface area contributed by atoms with E-state index in [1.54, 1.807) is 20.8 Å². The zero-order valence-corrected chi connectivity index (χ0v) is 12.1. The molecule has 0 spiro atoms. The second-order valence-corrected chi connectivity index (χ2v) is 4.54. The number of hydrogen-bond donors (Lipinski definition) is 3. The Balaban J connectivity index is 0.00000154. The van der Waals surface area contributed by atoms with Crippen LogP contribution in [-0.2, 0) is 4.74 Å². The van der Waals surface area contributed by atoms with Gasteiger partial charge < -0.3 is 15.3 Å². The topological polar surface area (TPSA) is 82.4 Å². The van der Waals surface area contributed by atoms with E-state index in [1.807, 2.05) is 13.8 Å². The van der Waals surface area contributed by atoms with Gasteiger partial charge >= 0.3 is 6.09 Å². The highest BCUT2D eigenvalue weighted by atomic mass is 16.6. The Morgan fingerprint density at radius 2 is 1.95 bits per heavy atom. The van der Waals surface area contributed by atoms with Crippen molar-refractivity contribution >= 4 is 18.0 Å². The molecule has 1 rings (SSSR count). The van der Waals surface area contributed by atoms with Crippen molar-refractivity contribution in [3.8, 4) is 5.75 Å². The van der Waals surface area contributed by atoms with E-state index < -0.39 is 11.7 Å². The van der Waals surface area contributed by atoms with Crippen LogP contribution in [0.3, 0.4) is 0 Å². The molecule has 106 valence electrons. The lowest BCUT2D eigenvalue weighted by molar-refractivity contribution is 0.0636. The Labute approximate surface area is 114 Å². The predicted octanol–water partition coefficient (Wildman–Crippen LogP) is 3.76. The minimum absolute atomic E-state index is 0.00487. The highest BCUT2D eigenvalue weighted by molar-refractivity contribution is 5.88. The van der Waals surface area contributed by atoms with Gasteiger partial charge in [-0.2, -0.15) is 0 Å². The molecule has 0 heterocycles. The van der Waals surface area contributed by atoms with Crippen LogP contribution in [0.15, 0.2) is 18.2 Å². The maximum absolute atomic E-state index is 11.5. The summed E-state index contributed by atoms with van der Waals surface area (Å²) in [6.07, 6.45) is 0.439. The molecule has 0 aliphatic carbocycles. The number of nitrogens with one attached hydrogen (secondary N) is 2. The molecule has 0 aliphatic rings. The van der Waals surface area contributed by atoms with Crippen LogP contribution in [0.25, 0.3) is 0 Å². The summed E-state index contributed by atoms with van der Waals surface area (Å²) >= 11 is 0. The van der Waals surface area contributed by atoms with Gasteiger partial charge in [-0.1, -0.05) is 13.8 Å². The van der Waals surface area contributed by atoms with Gasteiger partial charge in [-0.25, -0.2) is 4.79 Å². The van der Waals surface area contributed by atoms with E-state index in [2.05, 4.69) is 5.32 Å². The zero-order chi connectivity index (χ0) is 15.1. The summed E-state index contributed by atoms with van der Waals surface area (Å²) in [5.41, 5.74) is 0.236. The van der Waals surface area contributed by atoms with Crippen molar-refractivity contribution in [3.63, 3.8) is 0 Å². The van der Waals surface area contributed by atoms with Gasteiger partial charge in [0.05, 0.1) is 0 Å². The molecule has 5 heteroatoms. The van der Waals surface area contributed by atoms with Crippen LogP contribution in [-0.4, -0.2) is 23.0 Å². The Morgan fingerprint density at radius 1 is 1.37 bits per heavy atom. The second-order valence-electron chi connectivity index (χ2n) is 4.54. The number of carbonyl (C=O) groups is 1. The normalized spacial score (nSPS) is 9.95. The lowest BCUT2D eigenvalue weighted by Gasteiger charge is -2.19. The van der Waals surface area contributed by atoms with Crippen molar-refractivity contribution in [1.82, 2.24) is 0 Å². The number of amides is 1. The van der Waals surface area contributed by atoms with Gasteiger partial charge in [0.15, 0.2) is 0 Å². The second kappa shape index (κ2) is 7.41. The maximum Gasteiger partial charge on any atom is 0.412 e. The Hall–Kier alpha value is -2.04. The van der Waals surface area contributed by atoms with Crippen molar-refractivity contribution in [2.75, 3.05) is 5.32 Å². The van der Waals surface area contributed by atoms with Crippen LogP contribution in [0.5, 0.6) is 5.75 Å². The van der Waals surface area contributed by atoms with E-state index in [0.29, 0.717) is 11.3 Å². The third-order valence-electron chi connectivity index (χ3n) is 1.83. The van der Waals surface area contributed by atoms with Crippen LogP contribution < -0.4 is 5.32 Å². The molecule has 0 radical (unpaired) electrons. The smallest absolute Gasteiger partial charge is 0.412 e. The van der Waals surface area contributed by atoms with Crippen molar-refractivity contribution in [2.45, 2.75) is 40.2 Å². The molecule has 19 heavy (non-hydrogen) atoms. The maximum atomic E-state index is 11.5. The number of hydrogen-bond acceptors (Lipinski definition) is 4. The molecule has 3 N–H and O–H groups in total. The van der Waals surface area contributed by atoms with Crippen LogP contribution in [0.4, 0.5) is 10.5 Å². The zero-order valence-electron chi connectivity index (χ0n) is 12.1. The van der Waals surface area contributed by atoms with Crippen LogP contribution >= 0.6 is 0 Å². The minimum atomic E-state index is -0.570. The number of rotatable bonds is 2. The summed E-state index contributed by atoms with van der Waals surface area (Å²) in [5.74, 6) is -0.00487. The van der Waals surface area contributed by atoms with Crippen molar-refractivity contribution < 1.29 is 14.6 Å². The van der Waals surface area contributed by atoms with Crippen LogP contribution in [0.1, 0.15) is 40.2 Å². The van der Waals surface area contributed by atoms with Crippen molar-refractivity contribution in [3.05, 3.63) is 23.8 Å². The minimum Gasteiger partial charge on any atom is -0.507 e. The number of phenols is 1. The number of benzene rings is 1. The molecule has 0 unspecified atom stereocenters. The molecule has 0 atom stereocenters. The quantitative estimate of drug-likeness (QED) is 0.563. The average Bonchev–Trinajstić information content (AvgIpc) is 2.32. The highest BCUT2D eigenvalue weighted by Gasteiger charge is 2.16. The molecule has 0 saturated heterocycles. The first-order valence-corrected chi connectivity index (χ1v) is 6.15. The summed E-state index contributed by atoms with van der Waals surface area (Å²) in [4.78, 5) is 11.5. The molecule has 1 amide bonds. The standard InChI is InChI=1S/C12H16N2O3.C2H6/c1-12(2,3)17-11(16)14-9-4-5-10(15)8(6-9)7-13;1-2/h4-7,13,15H,1-3H3,(H,14,16);1-2H3. The van der Waals surface area contributed by atoms with Gasteiger partial charge in [-0.3, -0.25) is 5.32 Å². The number of aromatic hydroxyl groups is 1. The Bertz CT molecular complexity index is 437. The summed E-state index contributed by atoms with van der Waals surface area (Å²) in [7, 11) is 0. The number of phenolic OH excluding ortho intramolecular Hbond substituents is 1. The third kappa shape index (κ3) is 6.45. The molecule has 0 aromatic heterocycles. The summed E-state index contributed by atoms with van der Waals surface area (Å²) < 4.78 is 5.08. The third-order valence-corrected chi connectivity index (χ3v) is 1.83. The largest absolute Gasteiger partial charge is 0.507 e.